The Morgan fingerprint density at radius 2 is 0.765 bits per heavy atom. The second kappa shape index (κ2) is 10.6. The molecular weight excluding hydrogens is 617 g/mol. The van der Waals surface area contributed by atoms with E-state index in [9.17, 15) is 0 Å². The molecule has 0 saturated carbocycles. The molecule has 10 rings (SSSR count). The predicted octanol–water partition coefficient (Wildman–Crippen LogP) is 13.7. The Bertz CT molecular complexity index is 2680. The summed E-state index contributed by atoms with van der Waals surface area (Å²) in [4.78, 5) is 4.95. The van der Waals surface area contributed by atoms with E-state index in [0.717, 1.165) is 0 Å². The van der Waals surface area contributed by atoms with Crippen LogP contribution < -0.4 is 9.80 Å². The van der Waals surface area contributed by atoms with Crippen LogP contribution in [0.2, 0.25) is 0 Å². The Hall–Kier alpha value is -5.86. The quantitative estimate of drug-likeness (QED) is 0.171. The highest BCUT2D eigenvalue weighted by molar-refractivity contribution is 6.21. The lowest BCUT2D eigenvalue weighted by Crippen LogP contribution is -2.30. The number of anilines is 6. The van der Waals surface area contributed by atoms with Crippen LogP contribution in [0.1, 0.15) is 55.5 Å². The SMILES string of the molecule is Cc1ccc2c(c1)C(C)(C)c1ccccc1N2c1ccc2ccc3ccc4ccc(N5c6ccccc6C(C)(C)c6ccccc65)cc4c3c2c1. The summed E-state index contributed by atoms with van der Waals surface area (Å²) < 4.78 is 0. The van der Waals surface area contributed by atoms with Crippen molar-refractivity contribution in [2.45, 2.75) is 45.4 Å². The van der Waals surface area contributed by atoms with Gasteiger partial charge >= 0.3 is 0 Å². The molecule has 2 aliphatic rings. The van der Waals surface area contributed by atoms with E-state index >= 15 is 0 Å². The Kier molecular flexibility index (Phi) is 6.22. The van der Waals surface area contributed by atoms with Crippen LogP contribution in [0, 0.1) is 6.92 Å². The zero-order valence-corrected chi connectivity index (χ0v) is 29.8. The van der Waals surface area contributed by atoms with E-state index in [-0.39, 0.29) is 10.8 Å². The minimum Gasteiger partial charge on any atom is -0.310 e. The molecule has 0 unspecified atom stereocenters. The van der Waals surface area contributed by atoms with Crippen LogP contribution in [-0.4, -0.2) is 0 Å². The Balaban J connectivity index is 1.22. The van der Waals surface area contributed by atoms with Crippen molar-refractivity contribution in [1.82, 2.24) is 0 Å². The van der Waals surface area contributed by atoms with Gasteiger partial charge in [0.25, 0.3) is 0 Å². The Morgan fingerprint density at radius 3 is 1.25 bits per heavy atom. The fraction of sp³-hybridized carbons (Fsp3) is 0.143. The Labute approximate surface area is 300 Å². The molecule has 8 aromatic rings. The fourth-order valence-corrected chi connectivity index (χ4v) is 9.17. The van der Waals surface area contributed by atoms with Crippen molar-refractivity contribution in [3.05, 3.63) is 179 Å². The van der Waals surface area contributed by atoms with E-state index in [1.165, 1.54) is 94.3 Å². The van der Waals surface area contributed by atoms with Gasteiger partial charge in [-0.05, 0) is 110 Å². The van der Waals surface area contributed by atoms with E-state index in [1.54, 1.807) is 0 Å². The van der Waals surface area contributed by atoms with Gasteiger partial charge in [0.05, 0.1) is 22.7 Å². The molecule has 246 valence electrons. The first-order valence-corrected chi connectivity index (χ1v) is 18.1. The topological polar surface area (TPSA) is 6.48 Å². The molecular formula is C49H40N2. The van der Waals surface area contributed by atoms with Crippen molar-refractivity contribution in [3.63, 3.8) is 0 Å². The number of aryl methyl sites for hydroxylation is 1. The number of hydrogen-bond acceptors (Lipinski definition) is 2. The first-order chi connectivity index (χ1) is 24.7. The average Bonchev–Trinajstić information content (AvgIpc) is 3.15. The lowest BCUT2D eigenvalue weighted by atomic mass is 9.73. The molecule has 0 radical (unpaired) electrons. The molecule has 51 heavy (non-hydrogen) atoms. The zero-order valence-electron chi connectivity index (χ0n) is 29.8. The highest BCUT2D eigenvalue weighted by atomic mass is 15.2. The predicted molar refractivity (Wildman–Crippen MR) is 217 cm³/mol. The number of rotatable bonds is 2. The van der Waals surface area contributed by atoms with Crippen LogP contribution in [0.4, 0.5) is 34.1 Å². The third-order valence-electron chi connectivity index (χ3n) is 11.8. The standard InChI is InChI=1S/C49H40N2/c1-31-18-27-46-42(28-31)49(4,5)41-14-8-11-17-45(41)51(46)36-26-24-33-20-22-34-21-19-32-23-25-35(29-37(32)47(34)38(33)30-36)50-43-15-9-6-12-39(43)48(2,3)40-13-7-10-16-44(40)50/h6-30H,1-5H3. The van der Waals surface area contributed by atoms with Gasteiger partial charge in [-0.25, -0.2) is 0 Å². The molecule has 0 aromatic heterocycles. The minimum atomic E-state index is -0.106. The maximum atomic E-state index is 2.48. The van der Waals surface area contributed by atoms with Crippen molar-refractivity contribution >= 4 is 66.4 Å². The first-order valence-electron chi connectivity index (χ1n) is 18.1. The van der Waals surface area contributed by atoms with Crippen LogP contribution in [-0.2, 0) is 10.8 Å². The molecule has 0 saturated heterocycles. The third kappa shape index (κ3) is 4.23. The second-order valence-corrected chi connectivity index (χ2v) is 15.5. The highest BCUT2D eigenvalue weighted by Gasteiger charge is 2.38. The maximum absolute atomic E-state index is 2.48. The van der Waals surface area contributed by atoms with Gasteiger partial charge in [-0.2, -0.15) is 0 Å². The molecule has 0 atom stereocenters. The molecule has 2 nitrogen and oxygen atoms in total. The number of hydrogen-bond donors (Lipinski definition) is 0. The molecule has 0 fully saturated rings. The van der Waals surface area contributed by atoms with E-state index in [1.807, 2.05) is 0 Å². The van der Waals surface area contributed by atoms with Gasteiger partial charge in [-0.15, -0.1) is 0 Å². The molecule has 2 aliphatic heterocycles. The smallest absolute Gasteiger partial charge is 0.0502 e. The molecule has 0 spiro atoms. The van der Waals surface area contributed by atoms with Gasteiger partial charge in [0.1, 0.15) is 0 Å². The van der Waals surface area contributed by atoms with Crippen LogP contribution in [0.5, 0.6) is 0 Å². The fourth-order valence-electron chi connectivity index (χ4n) is 9.17. The summed E-state index contributed by atoms with van der Waals surface area (Å²) in [7, 11) is 0. The number of nitrogens with zero attached hydrogens (tertiary/aromatic N) is 2. The van der Waals surface area contributed by atoms with E-state index in [4.69, 9.17) is 0 Å². The zero-order chi connectivity index (χ0) is 34.6. The Morgan fingerprint density at radius 1 is 0.373 bits per heavy atom. The van der Waals surface area contributed by atoms with Crippen molar-refractivity contribution in [3.8, 4) is 0 Å². The molecule has 0 aliphatic carbocycles. The van der Waals surface area contributed by atoms with Crippen molar-refractivity contribution < 1.29 is 0 Å². The normalized spacial score (nSPS) is 15.4. The van der Waals surface area contributed by atoms with Crippen LogP contribution >= 0.6 is 0 Å². The largest absolute Gasteiger partial charge is 0.310 e. The lowest BCUT2D eigenvalue weighted by molar-refractivity contribution is 0.631. The monoisotopic (exact) mass is 656 g/mol. The third-order valence-corrected chi connectivity index (χ3v) is 11.8. The molecule has 0 N–H and O–H groups in total. The number of para-hydroxylation sites is 3. The van der Waals surface area contributed by atoms with Gasteiger partial charge in [0.15, 0.2) is 0 Å². The first kappa shape index (κ1) is 30.0. The summed E-state index contributed by atoms with van der Waals surface area (Å²) in [5.74, 6) is 0. The molecule has 0 bridgehead atoms. The van der Waals surface area contributed by atoms with Gasteiger partial charge in [0, 0.05) is 22.2 Å². The van der Waals surface area contributed by atoms with Crippen molar-refractivity contribution in [1.29, 1.82) is 0 Å². The van der Waals surface area contributed by atoms with Gasteiger partial charge < -0.3 is 9.80 Å². The number of fused-ring (bicyclic) bond motifs is 9. The van der Waals surface area contributed by atoms with E-state index in [2.05, 4.69) is 196 Å². The number of benzene rings is 8. The molecule has 0 amide bonds. The highest BCUT2D eigenvalue weighted by Crippen LogP contribution is 2.54. The van der Waals surface area contributed by atoms with Crippen LogP contribution in [0.15, 0.2) is 152 Å². The lowest BCUT2D eigenvalue weighted by Gasteiger charge is -2.42. The van der Waals surface area contributed by atoms with Crippen molar-refractivity contribution in [2.24, 2.45) is 0 Å². The van der Waals surface area contributed by atoms with Crippen LogP contribution in [0.3, 0.4) is 0 Å². The van der Waals surface area contributed by atoms with Gasteiger partial charge in [-0.1, -0.05) is 136 Å². The molecule has 2 heterocycles. The summed E-state index contributed by atoms with van der Waals surface area (Å²) in [5.41, 5.74) is 13.8. The average molecular weight is 657 g/mol. The van der Waals surface area contributed by atoms with Gasteiger partial charge in [0.2, 0.25) is 0 Å². The second-order valence-electron chi connectivity index (χ2n) is 15.5. The maximum Gasteiger partial charge on any atom is 0.0502 e. The van der Waals surface area contributed by atoms with Crippen LogP contribution in [0.25, 0.3) is 32.3 Å². The van der Waals surface area contributed by atoms with Crippen molar-refractivity contribution in [2.75, 3.05) is 9.80 Å². The summed E-state index contributed by atoms with van der Waals surface area (Å²) in [5, 5.41) is 7.57. The van der Waals surface area contributed by atoms with E-state index < -0.39 is 0 Å². The summed E-state index contributed by atoms with van der Waals surface area (Å²) in [6, 6.07) is 56.9. The van der Waals surface area contributed by atoms with E-state index in [0.29, 0.717) is 0 Å². The molecule has 2 heteroatoms. The van der Waals surface area contributed by atoms with Gasteiger partial charge in [-0.3, -0.25) is 0 Å². The molecule has 8 aromatic carbocycles. The minimum absolute atomic E-state index is 0.0978. The summed E-state index contributed by atoms with van der Waals surface area (Å²) >= 11 is 0. The summed E-state index contributed by atoms with van der Waals surface area (Å²) in [6.07, 6.45) is 0. The summed E-state index contributed by atoms with van der Waals surface area (Å²) in [6.45, 7) is 11.6.